The second-order valence-corrected chi connectivity index (χ2v) is 7.98. The van der Waals surface area contributed by atoms with Crippen molar-refractivity contribution in [1.29, 1.82) is 0 Å². The third-order valence-corrected chi connectivity index (χ3v) is 5.32. The SMILES string of the molecule is CC(C)c1ccc(OCC(=O)Nc2ncc(Cc3ccccc3Cl)s2)cc1. The summed E-state index contributed by atoms with van der Waals surface area (Å²) in [7, 11) is 0. The number of nitrogens with one attached hydrogen (secondary N) is 1. The molecule has 0 unspecified atom stereocenters. The molecule has 0 saturated carbocycles. The van der Waals surface area contributed by atoms with Gasteiger partial charge in [-0.15, -0.1) is 11.3 Å². The zero-order chi connectivity index (χ0) is 19.2. The van der Waals surface area contributed by atoms with Gasteiger partial charge in [-0.2, -0.15) is 0 Å². The molecule has 6 heteroatoms. The monoisotopic (exact) mass is 400 g/mol. The Bertz CT molecular complexity index is 907. The van der Waals surface area contributed by atoms with Crippen molar-refractivity contribution >= 4 is 34.0 Å². The molecule has 3 rings (SSSR count). The molecule has 0 spiro atoms. The zero-order valence-corrected chi connectivity index (χ0v) is 16.8. The number of aromatic nitrogens is 1. The molecule has 0 radical (unpaired) electrons. The van der Waals surface area contributed by atoms with E-state index in [1.54, 1.807) is 6.20 Å². The highest BCUT2D eigenvalue weighted by Crippen LogP contribution is 2.24. The molecular weight excluding hydrogens is 380 g/mol. The Balaban J connectivity index is 1.51. The van der Waals surface area contributed by atoms with E-state index in [4.69, 9.17) is 16.3 Å². The van der Waals surface area contributed by atoms with Gasteiger partial charge in [0.1, 0.15) is 5.75 Å². The lowest BCUT2D eigenvalue weighted by molar-refractivity contribution is -0.118. The van der Waals surface area contributed by atoms with Gasteiger partial charge in [0.2, 0.25) is 0 Å². The Labute approximate surface area is 168 Å². The molecule has 27 heavy (non-hydrogen) atoms. The lowest BCUT2D eigenvalue weighted by Crippen LogP contribution is -2.19. The first-order valence-electron chi connectivity index (χ1n) is 8.72. The molecule has 4 nitrogen and oxygen atoms in total. The van der Waals surface area contributed by atoms with E-state index in [0.717, 1.165) is 15.5 Å². The van der Waals surface area contributed by atoms with Crippen LogP contribution in [0.5, 0.6) is 5.75 Å². The van der Waals surface area contributed by atoms with Gasteiger partial charge in [-0.3, -0.25) is 10.1 Å². The number of ether oxygens (including phenoxy) is 1. The fourth-order valence-corrected chi connectivity index (χ4v) is 3.58. The maximum absolute atomic E-state index is 12.1. The molecule has 0 aliphatic carbocycles. The van der Waals surface area contributed by atoms with E-state index in [-0.39, 0.29) is 12.5 Å². The number of hydrogen-bond donors (Lipinski definition) is 1. The largest absolute Gasteiger partial charge is 0.484 e. The van der Waals surface area contributed by atoms with Crippen LogP contribution < -0.4 is 10.1 Å². The molecule has 1 N–H and O–H groups in total. The summed E-state index contributed by atoms with van der Waals surface area (Å²) in [4.78, 5) is 17.4. The summed E-state index contributed by atoms with van der Waals surface area (Å²) < 4.78 is 5.54. The van der Waals surface area contributed by atoms with Gasteiger partial charge in [0.05, 0.1) is 0 Å². The number of amides is 1. The van der Waals surface area contributed by atoms with Crippen LogP contribution in [0, 0.1) is 0 Å². The second-order valence-electron chi connectivity index (χ2n) is 6.46. The molecule has 0 atom stereocenters. The number of hydrogen-bond acceptors (Lipinski definition) is 4. The van der Waals surface area contributed by atoms with Crippen LogP contribution in [0.2, 0.25) is 5.02 Å². The smallest absolute Gasteiger partial charge is 0.264 e. The number of carbonyl (C=O) groups is 1. The number of anilines is 1. The first kappa shape index (κ1) is 19.4. The maximum atomic E-state index is 12.1. The highest BCUT2D eigenvalue weighted by atomic mass is 35.5. The van der Waals surface area contributed by atoms with Crippen LogP contribution in [-0.2, 0) is 11.2 Å². The van der Waals surface area contributed by atoms with E-state index in [0.29, 0.717) is 23.2 Å². The summed E-state index contributed by atoms with van der Waals surface area (Å²) in [6, 6.07) is 15.5. The number of thiazole rings is 1. The quantitative estimate of drug-likeness (QED) is 0.567. The van der Waals surface area contributed by atoms with Gasteiger partial charge < -0.3 is 4.74 Å². The Morgan fingerprint density at radius 3 is 2.63 bits per heavy atom. The molecule has 1 amide bonds. The molecule has 2 aromatic carbocycles. The molecule has 140 valence electrons. The number of benzene rings is 2. The van der Waals surface area contributed by atoms with Crippen LogP contribution in [0.1, 0.15) is 35.8 Å². The van der Waals surface area contributed by atoms with Gasteiger partial charge in [0.25, 0.3) is 5.91 Å². The Hall–Kier alpha value is -2.37. The average Bonchev–Trinajstić information content (AvgIpc) is 3.09. The van der Waals surface area contributed by atoms with Crippen LogP contribution in [0.25, 0.3) is 0 Å². The third kappa shape index (κ3) is 5.55. The predicted molar refractivity (Wildman–Crippen MR) is 111 cm³/mol. The minimum Gasteiger partial charge on any atom is -0.484 e. The minimum absolute atomic E-state index is 0.0551. The topological polar surface area (TPSA) is 51.2 Å². The molecule has 0 fully saturated rings. The molecule has 3 aromatic rings. The highest BCUT2D eigenvalue weighted by Gasteiger charge is 2.09. The fraction of sp³-hybridized carbons (Fsp3) is 0.238. The van der Waals surface area contributed by atoms with Crippen molar-refractivity contribution in [3.05, 3.63) is 75.8 Å². The van der Waals surface area contributed by atoms with Crippen LogP contribution in [-0.4, -0.2) is 17.5 Å². The van der Waals surface area contributed by atoms with Gasteiger partial charge in [0.15, 0.2) is 11.7 Å². The van der Waals surface area contributed by atoms with Gasteiger partial charge in [-0.25, -0.2) is 4.98 Å². The van der Waals surface area contributed by atoms with E-state index in [2.05, 4.69) is 24.1 Å². The Morgan fingerprint density at radius 2 is 1.93 bits per heavy atom. The normalized spacial score (nSPS) is 10.8. The van der Waals surface area contributed by atoms with Crippen LogP contribution in [0.4, 0.5) is 5.13 Å². The molecule has 1 heterocycles. The van der Waals surface area contributed by atoms with Crippen LogP contribution in [0.3, 0.4) is 0 Å². The first-order chi connectivity index (χ1) is 13.0. The standard InChI is InChI=1S/C21H21ClN2O2S/c1-14(2)15-7-9-17(10-8-15)26-13-20(25)24-21-23-12-18(27-21)11-16-5-3-4-6-19(16)22/h3-10,12,14H,11,13H2,1-2H3,(H,23,24,25). The van der Waals surface area contributed by atoms with E-state index in [1.807, 2.05) is 48.5 Å². The van der Waals surface area contributed by atoms with Gasteiger partial charge in [0, 0.05) is 22.5 Å². The summed E-state index contributed by atoms with van der Waals surface area (Å²) in [5.74, 6) is 0.905. The van der Waals surface area contributed by atoms with E-state index in [1.165, 1.54) is 16.9 Å². The van der Waals surface area contributed by atoms with E-state index in [9.17, 15) is 4.79 Å². The van der Waals surface area contributed by atoms with Gasteiger partial charge in [-0.05, 0) is 35.2 Å². The van der Waals surface area contributed by atoms with Crippen molar-refractivity contribution in [1.82, 2.24) is 4.98 Å². The van der Waals surface area contributed by atoms with Crippen molar-refractivity contribution in [3.63, 3.8) is 0 Å². The van der Waals surface area contributed by atoms with Gasteiger partial charge >= 0.3 is 0 Å². The first-order valence-corrected chi connectivity index (χ1v) is 9.91. The highest BCUT2D eigenvalue weighted by molar-refractivity contribution is 7.15. The molecule has 0 bridgehead atoms. The Kier molecular flexibility index (Phi) is 6.48. The van der Waals surface area contributed by atoms with E-state index < -0.39 is 0 Å². The maximum Gasteiger partial charge on any atom is 0.264 e. The van der Waals surface area contributed by atoms with E-state index >= 15 is 0 Å². The minimum atomic E-state index is -0.235. The number of rotatable bonds is 7. The van der Waals surface area contributed by atoms with Crippen molar-refractivity contribution in [2.24, 2.45) is 0 Å². The van der Waals surface area contributed by atoms with Crippen LogP contribution in [0.15, 0.2) is 54.7 Å². The van der Waals surface area contributed by atoms with Gasteiger partial charge in [-0.1, -0.05) is 55.8 Å². The van der Waals surface area contributed by atoms with Crippen molar-refractivity contribution in [2.75, 3.05) is 11.9 Å². The van der Waals surface area contributed by atoms with Crippen molar-refractivity contribution in [3.8, 4) is 5.75 Å². The summed E-state index contributed by atoms with van der Waals surface area (Å²) in [5.41, 5.74) is 2.27. The number of nitrogens with zero attached hydrogens (tertiary/aromatic N) is 1. The fourth-order valence-electron chi connectivity index (χ4n) is 2.53. The Morgan fingerprint density at radius 1 is 1.19 bits per heavy atom. The molecular formula is C21H21ClN2O2S. The van der Waals surface area contributed by atoms with Crippen molar-refractivity contribution < 1.29 is 9.53 Å². The molecule has 0 aliphatic heterocycles. The molecule has 0 aliphatic rings. The number of halogens is 1. The van der Waals surface area contributed by atoms with Crippen LogP contribution >= 0.6 is 22.9 Å². The van der Waals surface area contributed by atoms with Crippen molar-refractivity contribution in [2.45, 2.75) is 26.2 Å². The number of carbonyl (C=O) groups excluding carboxylic acids is 1. The summed E-state index contributed by atoms with van der Waals surface area (Å²) >= 11 is 7.62. The average molecular weight is 401 g/mol. The summed E-state index contributed by atoms with van der Waals surface area (Å²) in [6.45, 7) is 4.22. The zero-order valence-electron chi connectivity index (χ0n) is 15.2. The lowest BCUT2D eigenvalue weighted by atomic mass is 10.0. The second kappa shape index (κ2) is 9.02. The lowest BCUT2D eigenvalue weighted by Gasteiger charge is -2.08. The molecule has 1 aromatic heterocycles. The predicted octanol–water partition coefficient (Wildman–Crippen LogP) is 5.53. The summed E-state index contributed by atoms with van der Waals surface area (Å²) in [5, 5.41) is 4.06. The summed E-state index contributed by atoms with van der Waals surface area (Å²) in [6.07, 6.45) is 2.45. The third-order valence-electron chi connectivity index (χ3n) is 4.04. The molecule has 0 saturated heterocycles.